The van der Waals surface area contributed by atoms with Crippen LogP contribution >= 0.6 is 11.6 Å². The smallest absolute Gasteiger partial charge is 0.191 e. The first kappa shape index (κ1) is 22.0. The van der Waals surface area contributed by atoms with Crippen LogP contribution in [0, 0.1) is 0 Å². The van der Waals surface area contributed by atoms with E-state index in [0.717, 1.165) is 61.4 Å². The molecule has 1 unspecified atom stereocenters. The lowest BCUT2D eigenvalue weighted by molar-refractivity contribution is 0.331. The highest BCUT2D eigenvalue weighted by atomic mass is 35.5. The Bertz CT molecular complexity index is 663. The number of halogens is 1. The number of benzene rings is 1. The predicted octanol–water partition coefficient (Wildman–Crippen LogP) is 3.36. The lowest BCUT2D eigenvalue weighted by Crippen LogP contribution is -2.44. The molecule has 162 valence electrons. The van der Waals surface area contributed by atoms with E-state index in [1.54, 1.807) is 7.11 Å². The van der Waals surface area contributed by atoms with E-state index in [4.69, 9.17) is 21.3 Å². The Kier molecular flexibility index (Phi) is 8.74. The molecule has 29 heavy (non-hydrogen) atoms. The van der Waals surface area contributed by atoms with Gasteiger partial charge in [-0.25, -0.2) is 0 Å². The van der Waals surface area contributed by atoms with E-state index in [1.807, 2.05) is 18.2 Å². The summed E-state index contributed by atoms with van der Waals surface area (Å²) in [4.78, 5) is 9.71. The van der Waals surface area contributed by atoms with Gasteiger partial charge in [-0.3, -0.25) is 4.99 Å². The van der Waals surface area contributed by atoms with Gasteiger partial charge >= 0.3 is 0 Å². The van der Waals surface area contributed by atoms with Gasteiger partial charge in [0.05, 0.1) is 12.8 Å². The number of anilines is 1. The fourth-order valence-electron chi connectivity index (χ4n) is 4.16. The molecule has 0 aromatic heterocycles. The first-order valence-electron chi connectivity index (χ1n) is 11.0. The Morgan fingerprint density at radius 1 is 1.24 bits per heavy atom. The van der Waals surface area contributed by atoms with Crippen LogP contribution in [-0.4, -0.2) is 69.8 Å². The number of ether oxygens (including phenoxy) is 1. The second-order valence-corrected chi connectivity index (χ2v) is 8.35. The van der Waals surface area contributed by atoms with Gasteiger partial charge in [-0.15, -0.1) is 0 Å². The first-order chi connectivity index (χ1) is 14.2. The SMILES string of the molecule is CCNC(=NCCCCN1CCCC1)NC1CCN(c2cc(Cl)ccc2OC)C1. The maximum Gasteiger partial charge on any atom is 0.191 e. The van der Waals surface area contributed by atoms with Crippen molar-refractivity contribution in [3.63, 3.8) is 0 Å². The summed E-state index contributed by atoms with van der Waals surface area (Å²) in [6, 6.07) is 6.16. The van der Waals surface area contributed by atoms with Crippen LogP contribution in [0.25, 0.3) is 0 Å². The Hall–Kier alpha value is -1.66. The molecule has 1 aromatic carbocycles. The van der Waals surface area contributed by atoms with Gasteiger partial charge in [-0.2, -0.15) is 0 Å². The standard InChI is InChI=1S/C22H36ClN5O/c1-3-24-22(25-11-4-5-12-27-13-6-7-14-27)26-19-10-15-28(17-19)20-16-18(23)8-9-21(20)29-2/h8-9,16,19H,3-7,10-15,17H2,1-2H3,(H2,24,25,26). The lowest BCUT2D eigenvalue weighted by Gasteiger charge is -2.22. The molecule has 1 atom stereocenters. The Labute approximate surface area is 180 Å². The molecule has 2 aliphatic heterocycles. The van der Waals surface area contributed by atoms with Crippen LogP contribution in [0.3, 0.4) is 0 Å². The molecular weight excluding hydrogens is 386 g/mol. The van der Waals surface area contributed by atoms with Gasteiger partial charge in [-0.05, 0) is 76.9 Å². The summed E-state index contributed by atoms with van der Waals surface area (Å²) in [5, 5.41) is 7.74. The van der Waals surface area contributed by atoms with Gasteiger partial charge in [0.25, 0.3) is 0 Å². The fourth-order valence-corrected chi connectivity index (χ4v) is 4.33. The van der Waals surface area contributed by atoms with Crippen LogP contribution in [0.1, 0.15) is 39.0 Å². The molecule has 1 aromatic rings. The topological polar surface area (TPSA) is 52.1 Å². The summed E-state index contributed by atoms with van der Waals surface area (Å²) in [5.41, 5.74) is 1.06. The molecule has 0 radical (unpaired) electrons. The van der Waals surface area contributed by atoms with Crippen LogP contribution in [0.15, 0.2) is 23.2 Å². The van der Waals surface area contributed by atoms with E-state index in [-0.39, 0.29) is 0 Å². The second-order valence-electron chi connectivity index (χ2n) is 7.91. The monoisotopic (exact) mass is 421 g/mol. The molecule has 2 saturated heterocycles. The summed E-state index contributed by atoms with van der Waals surface area (Å²) in [6.07, 6.45) is 6.17. The molecule has 6 nitrogen and oxygen atoms in total. The summed E-state index contributed by atoms with van der Waals surface area (Å²) >= 11 is 6.21. The zero-order chi connectivity index (χ0) is 20.5. The molecule has 0 aliphatic carbocycles. The van der Waals surface area contributed by atoms with Crippen molar-refractivity contribution in [3.05, 3.63) is 23.2 Å². The Morgan fingerprint density at radius 3 is 2.83 bits per heavy atom. The van der Waals surface area contributed by atoms with Gasteiger partial charge < -0.3 is 25.2 Å². The molecule has 2 heterocycles. The van der Waals surface area contributed by atoms with Crippen molar-refractivity contribution in [2.45, 2.75) is 45.1 Å². The van der Waals surface area contributed by atoms with Crippen molar-refractivity contribution in [1.29, 1.82) is 0 Å². The minimum absolute atomic E-state index is 0.362. The highest BCUT2D eigenvalue weighted by Crippen LogP contribution is 2.33. The first-order valence-corrected chi connectivity index (χ1v) is 11.4. The van der Waals surface area contributed by atoms with Crippen LogP contribution < -0.4 is 20.3 Å². The molecule has 0 bridgehead atoms. The maximum atomic E-state index is 6.21. The normalized spacial score (nSPS) is 20.3. The predicted molar refractivity (Wildman–Crippen MR) is 123 cm³/mol. The highest BCUT2D eigenvalue weighted by molar-refractivity contribution is 6.30. The van der Waals surface area contributed by atoms with E-state index in [1.165, 1.54) is 38.9 Å². The van der Waals surface area contributed by atoms with Gasteiger partial charge in [0.15, 0.2) is 5.96 Å². The number of unbranched alkanes of at least 4 members (excludes halogenated alkanes) is 1. The van der Waals surface area contributed by atoms with E-state index < -0.39 is 0 Å². The average molecular weight is 422 g/mol. The minimum atomic E-state index is 0.362. The summed E-state index contributed by atoms with van der Waals surface area (Å²) in [5.74, 6) is 1.80. The van der Waals surface area contributed by atoms with E-state index in [2.05, 4.69) is 27.4 Å². The number of nitrogens with one attached hydrogen (secondary N) is 2. The maximum absolute atomic E-state index is 6.21. The number of hydrogen-bond donors (Lipinski definition) is 2. The zero-order valence-corrected chi connectivity index (χ0v) is 18.7. The van der Waals surface area contributed by atoms with Crippen molar-refractivity contribution in [2.24, 2.45) is 4.99 Å². The Balaban J connectivity index is 1.47. The van der Waals surface area contributed by atoms with Crippen LogP contribution in [0.4, 0.5) is 5.69 Å². The molecule has 0 amide bonds. The fraction of sp³-hybridized carbons (Fsp3) is 0.682. The van der Waals surface area contributed by atoms with E-state index >= 15 is 0 Å². The third-order valence-corrected chi connectivity index (χ3v) is 5.94. The molecular formula is C22H36ClN5O. The quantitative estimate of drug-likeness (QED) is 0.364. The van der Waals surface area contributed by atoms with Gasteiger partial charge in [0, 0.05) is 37.2 Å². The molecule has 0 saturated carbocycles. The third-order valence-electron chi connectivity index (χ3n) is 5.71. The summed E-state index contributed by atoms with van der Waals surface area (Å²) in [7, 11) is 1.71. The van der Waals surface area contributed by atoms with Crippen LogP contribution in [0.5, 0.6) is 5.75 Å². The number of rotatable bonds is 9. The van der Waals surface area contributed by atoms with Gasteiger partial charge in [-0.1, -0.05) is 11.6 Å². The van der Waals surface area contributed by atoms with Gasteiger partial charge in [0.1, 0.15) is 5.75 Å². The lowest BCUT2D eigenvalue weighted by atomic mass is 10.2. The highest BCUT2D eigenvalue weighted by Gasteiger charge is 2.25. The van der Waals surface area contributed by atoms with Crippen molar-refractivity contribution < 1.29 is 4.74 Å². The third kappa shape index (κ3) is 6.68. The summed E-state index contributed by atoms with van der Waals surface area (Å²) < 4.78 is 5.52. The number of methoxy groups -OCH3 is 1. The Morgan fingerprint density at radius 2 is 2.07 bits per heavy atom. The van der Waals surface area contributed by atoms with Crippen molar-refractivity contribution in [3.8, 4) is 5.75 Å². The van der Waals surface area contributed by atoms with Crippen molar-refractivity contribution in [1.82, 2.24) is 15.5 Å². The second kappa shape index (κ2) is 11.5. The van der Waals surface area contributed by atoms with Gasteiger partial charge in [0.2, 0.25) is 0 Å². The van der Waals surface area contributed by atoms with E-state index in [9.17, 15) is 0 Å². The molecule has 3 rings (SSSR count). The molecule has 7 heteroatoms. The molecule has 0 spiro atoms. The number of guanidine groups is 1. The van der Waals surface area contributed by atoms with Crippen LogP contribution in [-0.2, 0) is 0 Å². The minimum Gasteiger partial charge on any atom is -0.495 e. The largest absolute Gasteiger partial charge is 0.495 e. The number of hydrogen-bond acceptors (Lipinski definition) is 4. The number of likely N-dealkylation sites (tertiary alicyclic amines) is 1. The zero-order valence-electron chi connectivity index (χ0n) is 17.9. The van der Waals surface area contributed by atoms with E-state index in [0.29, 0.717) is 6.04 Å². The van der Waals surface area contributed by atoms with Crippen molar-refractivity contribution in [2.75, 3.05) is 57.8 Å². The number of nitrogens with zero attached hydrogens (tertiary/aromatic N) is 3. The number of aliphatic imine (C=N–C) groups is 1. The van der Waals surface area contributed by atoms with Crippen molar-refractivity contribution >= 4 is 23.2 Å². The average Bonchev–Trinajstić information content (AvgIpc) is 3.40. The summed E-state index contributed by atoms with van der Waals surface area (Å²) in [6.45, 7) is 9.53. The molecule has 2 fully saturated rings. The molecule has 2 aliphatic rings. The van der Waals surface area contributed by atoms with Crippen LogP contribution in [0.2, 0.25) is 5.02 Å². The molecule has 2 N–H and O–H groups in total.